The van der Waals surface area contributed by atoms with Crippen LogP contribution in [0.4, 0.5) is 5.69 Å². The first kappa shape index (κ1) is 15.2. The van der Waals surface area contributed by atoms with Crippen molar-refractivity contribution in [2.75, 3.05) is 17.2 Å². The average Bonchev–Trinajstić information content (AvgIpc) is 2.47. The number of anilines is 1. The zero-order chi connectivity index (χ0) is 14.5. The fraction of sp³-hybridized carbons (Fsp3) is 0.562. The van der Waals surface area contributed by atoms with E-state index in [1.54, 1.807) is 11.8 Å². The molecule has 0 saturated carbocycles. The summed E-state index contributed by atoms with van der Waals surface area (Å²) >= 11 is 1.77. The number of nitrogen functional groups attached to an aromatic ring is 1. The first-order valence-electron chi connectivity index (χ1n) is 7.55. The van der Waals surface area contributed by atoms with Gasteiger partial charge in [-0.15, -0.1) is 11.8 Å². The third-order valence-corrected chi connectivity index (χ3v) is 4.92. The maximum Gasteiger partial charge on any atom is 0.126 e. The molecule has 0 radical (unpaired) electrons. The number of piperidine rings is 1. The molecule has 3 nitrogen and oxygen atoms in total. The van der Waals surface area contributed by atoms with Crippen LogP contribution >= 0.6 is 11.8 Å². The van der Waals surface area contributed by atoms with Crippen molar-refractivity contribution in [2.24, 2.45) is 5.73 Å². The van der Waals surface area contributed by atoms with Crippen molar-refractivity contribution in [1.29, 1.82) is 5.41 Å². The van der Waals surface area contributed by atoms with Gasteiger partial charge < -0.3 is 10.6 Å². The number of nitrogens with zero attached hydrogens (tertiary/aromatic N) is 1. The van der Waals surface area contributed by atoms with Crippen LogP contribution in [0.5, 0.6) is 0 Å². The van der Waals surface area contributed by atoms with Crippen LogP contribution in [-0.2, 0) is 0 Å². The summed E-state index contributed by atoms with van der Waals surface area (Å²) in [7, 11) is 0. The molecule has 1 aliphatic rings. The Labute approximate surface area is 126 Å². The molecule has 1 saturated heterocycles. The Kier molecular flexibility index (Phi) is 5.35. The molecule has 1 fully saturated rings. The van der Waals surface area contributed by atoms with E-state index in [0.29, 0.717) is 6.04 Å². The Morgan fingerprint density at radius 3 is 2.85 bits per heavy atom. The lowest BCUT2D eigenvalue weighted by atomic mass is 9.97. The standard InChI is InChI=1S/C16H25N3S/c1-3-12-8-5-6-11-19(12)13-9-7-10-14(20-4-2)15(13)16(17)18/h7,9-10,12H,3-6,8,11H2,1-2H3,(H3,17,18). The quantitative estimate of drug-likeness (QED) is 0.492. The number of nitrogens with two attached hydrogens (primary N) is 1. The number of benzene rings is 1. The Morgan fingerprint density at radius 1 is 1.40 bits per heavy atom. The smallest absolute Gasteiger partial charge is 0.126 e. The first-order valence-corrected chi connectivity index (χ1v) is 8.54. The fourth-order valence-corrected chi connectivity index (χ4v) is 3.89. The fourth-order valence-electron chi connectivity index (χ4n) is 3.05. The number of hydrogen-bond donors (Lipinski definition) is 2. The molecule has 1 aromatic rings. The Morgan fingerprint density at radius 2 is 2.20 bits per heavy atom. The van der Waals surface area contributed by atoms with Gasteiger partial charge in [0.15, 0.2) is 0 Å². The van der Waals surface area contributed by atoms with Gasteiger partial charge in [0.05, 0.1) is 5.56 Å². The topological polar surface area (TPSA) is 53.1 Å². The third kappa shape index (κ3) is 3.11. The van der Waals surface area contributed by atoms with Crippen molar-refractivity contribution in [3.8, 4) is 0 Å². The van der Waals surface area contributed by atoms with Gasteiger partial charge in [0.2, 0.25) is 0 Å². The Hall–Kier alpha value is -1.16. The predicted molar refractivity (Wildman–Crippen MR) is 89.1 cm³/mol. The zero-order valence-corrected chi connectivity index (χ0v) is 13.3. The van der Waals surface area contributed by atoms with E-state index in [9.17, 15) is 0 Å². The second kappa shape index (κ2) is 7.02. The summed E-state index contributed by atoms with van der Waals surface area (Å²) in [5.41, 5.74) is 7.97. The molecule has 0 bridgehead atoms. The van der Waals surface area contributed by atoms with Crippen LogP contribution in [0.15, 0.2) is 23.1 Å². The minimum absolute atomic E-state index is 0.192. The van der Waals surface area contributed by atoms with Crippen molar-refractivity contribution >= 4 is 23.3 Å². The van der Waals surface area contributed by atoms with Gasteiger partial charge in [0.25, 0.3) is 0 Å². The highest BCUT2D eigenvalue weighted by Gasteiger charge is 2.24. The lowest BCUT2D eigenvalue weighted by Gasteiger charge is -2.38. The largest absolute Gasteiger partial charge is 0.384 e. The molecule has 0 aromatic heterocycles. The third-order valence-electron chi connectivity index (χ3n) is 3.98. The van der Waals surface area contributed by atoms with Crippen molar-refractivity contribution < 1.29 is 0 Å². The van der Waals surface area contributed by atoms with Crippen LogP contribution in [0.2, 0.25) is 0 Å². The summed E-state index contributed by atoms with van der Waals surface area (Å²) < 4.78 is 0. The summed E-state index contributed by atoms with van der Waals surface area (Å²) in [5.74, 6) is 1.19. The van der Waals surface area contributed by atoms with Crippen molar-refractivity contribution in [2.45, 2.75) is 50.5 Å². The summed E-state index contributed by atoms with van der Waals surface area (Å²) in [4.78, 5) is 3.61. The minimum atomic E-state index is 0.192. The van der Waals surface area contributed by atoms with Crippen LogP contribution < -0.4 is 10.6 Å². The summed E-state index contributed by atoms with van der Waals surface area (Å²) in [6, 6.07) is 6.90. The van der Waals surface area contributed by atoms with Crippen LogP contribution in [0.25, 0.3) is 0 Å². The van der Waals surface area contributed by atoms with Gasteiger partial charge in [-0.2, -0.15) is 0 Å². The summed E-state index contributed by atoms with van der Waals surface area (Å²) in [5, 5.41) is 7.97. The first-order chi connectivity index (χ1) is 9.69. The molecule has 0 spiro atoms. The second-order valence-corrected chi connectivity index (χ2v) is 6.55. The summed E-state index contributed by atoms with van der Waals surface area (Å²) in [6.07, 6.45) is 4.95. The van der Waals surface area contributed by atoms with E-state index in [-0.39, 0.29) is 5.84 Å². The monoisotopic (exact) mass is 291 g/mol. The van der Waals surface area contributed by atoms with Gasteiger partial charge in [0.1, 0.15) is 5.84 Å². The molecule has 1 unspecified atom stereocenters. The molecule has 1 aromatic carbocycles. The van der Waals surface area contributed by atoms with Gasteiger partial charge >= 0.3 is 0 Å². The van der Waals surface area contributed by atoms with Crippen molar-refractivity contribution in [3.63, 3.8) is 0 Å². The van der Waals surface area contributed by atoms with E-state index in [0.717, 1.165) is 34.9 Å². The van der Waals surface area contributed by atoms with E-state index in [1.165, 1.54) is 19.3 Å². The maximum absolute atomic E-state index is 7.97. The van der Waals surface area contributed by atoms with Crippen LogP contribution in [-0.4, -0.2) is 24.2 Å². The number of thioether (sulfide) groups is 1. The highest BCUT2D eigenvalue weighted by molar-refractivity contribution is 7.99. The lowest BCUT2D eigenvalue weighted by molar-refractivity contribution is 0.449. The highest BCUT2D eigenvalue weighted by Crippen LogP contribution is 2.34. The van der Waals surface area contributed by atoms with Gasteiger partial charge in [0, 0.05) is 23.2 Å². The average molecular weight is 291 g/mol. The van der Waals surface area contributed by atoms with Gasteiger partial charge in [-0.25, -0.2) is 0 Å². The SMILES string of the molecule is CCSc1cccc(N2CCCCC2CC)c1C(=N)N. The molecule has 20 heavy (non-hydrogen) atoms. The van der Waals surface area contributed by atoms with Crippen LogP contribution in [0, 0.1) is 5.41 Å². The highest BCUT2D eigenvalue weighted by atomic mass is 32.2. The number of nitrogens with one attached hydrogen (secondary N) is 1. The molecule has 1 aliphatic heterocycles. The van der Waals surface area contributed by atoms with Crippen LogP contribution in [0.1, 0.15) is 45.1 Å². The molecule has 0 aliphatic carbocycles. The zero-order valence-electron chi connectivity index (χ0n) is 12.5. The van der Waals surface area contributed by atoms with Crippen LogP contribution in [0.3, 0.4) is 0 Å². The number of rotatable bonds is 5. The van der Waals surface area contributed by atoms with Gasteiger partial charge in [-0.3, -0.25) is 5.41 Å². The molecule has 1 heterocycles. The molecule has 0 amide bonds. The van der Waals surface area contributed by atoms with E-state index >= 15 is 0 Å². The number of amidine groups is 1. The summed E-state index contributed by atoms with van der Waals surface area (Å²) in [6.45, 7) is 5.47. The van der Waals surface area contributed by atoms with Crippen molar-refractivity contribution in [3.05, 3.63) is 23.8 Å². The normalized spacial score (nSPS) is 19.1. The molecule has 110 valence electrons. The predicted octanol–water partition coefficient (Wildman–Crippen LogP) is 3.85. The van der Waals surface area contributed by atoms with E-state index in [1.807, 2.05) is 0 Å². The molecular weight excluding hydrogens is 266 g/mol. The Balaban J connectivity index is 2.43. The second-order valence-electron chi connectivity index (χ2n) is 5.25. The molecule has 2 rings (SSSR count). The van der Waals surface area contributed by atoms with Gasteiger partial charge in [-0.1, -0.05) is 19.9 Å². The van der Waals surface area contributed by atoms with E-state index in [4.69, 9.17) is 11.1 Å². The van der Waals surface area contributed by atoms with Gasteiger partial charge in [-0.05, 0) is 43.6 Å². The maximum atomic E-state index is 7.97. The molecule has 3 N–H and O–H groups in total. The van der Waals surface area contributed by atoms with E-state index in [2.05, 4.69) is 36.9 Å². The Bertz CT molecular complexity index is 473. The minimum Gasteiger partial charge on any atom is -0.384 e. The number of hydrogen-bond acceptors (Lipinski definition) is 3. The van der Waals surface area contributed by atoms with Crippen molar-refractivity contribution in [1.82, 2.24) is 0 Å². The molecule has 4 heteroatoms. The van der Waals surface area contributed by atoms with E-state index < -0.39 is 0 Å². The lowest BCUT2D eigenvalue weighted by Crippen LogP contribution is -2.40. The molecular formula is C16H25N3S. The molecule has 1 atom stereocenters.